The fourth-order valence-electron chi connectivity index (χ4n) is 3.78. The molecule has 3 rings (SSSR count). The quantitative estimate of drug-likeness (QED) is 0.686. The second-order valence-corrected chi connectivity index (χ2v) is 6.96. The van der Waals surface area contributed by atoms with Crippen LogP contribution in [0.25, 0.3) is 0 Å². The average molecular weight is 314 g/mol. The van der Waals surface area contributed by atoms with E-state index < -0.39 is 0 Å². The Balaban J connectivity index is 1.46. The topological polar surface area (TPSA) is 30.9 Å². The average Bonchev–Trinajstić information content (AvgIpc) is 2.58. The lowest BCUT2D eigenvalue weighted by Crippen LogP contribution is -2.48. The van der Waals surface area contributed by atoms with Crippen LogP contribution in [0.2, 0.25) is 0 Å². The van der Waals surface area contributed by atoms with E-state index in [0.717, 1.165) is 51.1 Å². The molecule has 0 aliphatic carbocycles. The summed E-state index contributed by atoms with van der Waals surface area (Å²) < 4.78 is 0. The van der Waals surface area contributed by atoms with Gasteiger partial charge in [0, 0.05) is 46.3 Å². The Labute approximate surface area is 140 Å². The molecular formula is C19H30N4. The molecule has 4 heteroatoms. The summed E-state index contributed by atoms with van der Waals surface area (Å²) in [4.78, 5) is 9.44. The van der Waals surface area contributed by atoms with Crippen LogP contribution >= 0.6 is 0 Å². The van der Waals surface area contributed by atoms with Gasteiger partial charge in [-0.15, -0.1) is 0 Å². The van der Waals surface area contributed by atoms with Crippen molar-refractivity contribution in [1.82, 2.24) is 15.1 Å². The van der Waals surface area contributed by atoms with Crippen molar-refractivity contribution in [3.05, 3.63) is 35.4 Å². The van der Waals surface area contributed by atoms with Crippen molar-refractivity contribution in [2.45, 2.75) is 32.7 Å². The lowest BCUT2D eigenvalue weighted by molar-refractivity contribution is 0.248. The van der Waals surface area contributed by atoms with Crippen LogP contribution in [0.4, 0.5) is 0 Å². The molecule has 1 unspecified atom stereocenters. The minimum absolute atomic E-state index is 0.779. The van der Waals surface area contributed by atoms with E-state index >= 15 is 0 Å². The Morgan fingerprint density at radius 1 is 1.26 bits per heavy atom. The van der Waals surface area contributed by atoms with Gasteiger partial charge in [-0.05, 0) is 36.3 Å². The van der Waals surface area contributed by atoms with Gasteiger partial charge in [0.05, 0.1) is 0 Å². The number of nitrogens with zero attached hydrogens (tertiary/aromatic N) is 3. The van der Waals surface area contributed by atoms with Gasteiger partial charge in [-0.3, -0.25) is 9.89 Å². The van der Waals surface area contributed by atoms with Crippen LogP contribution in [-0.2, 0) is 13.0 Å². The summed E-state index contributed by atoms with van der Waals surface area (Å²) in [6, 6.07) is 8.84. The van der Waals surface area contributed by atoms with Gasteiger partial charge in [-0.1, -0.05) is 31.2 Å². The largest absolute Gasteiger partial charge is 0.355 e. The van der Waals surface area contributed by atoms with E-state index in [-0.39, 0.29) is 0 Å². The molecule has 1 aromatic carbocycles. The van der Waals surface area contributed by atoms with Gasteiger partial charge in [0.2, 0.25) is 0 Å². The number of guanidine groups is 1. The molecule has 0 bridgehead atoms. The molecule has 0 spiro atoms. The zero-order chi connectivity index (χ0) is 16.1. The molecule has 1 aromatic rings. The summed E-state index contributed by atoms with van der Waals surface area (Å²) in [5.41, 5.74) is 3.02. The predicted molar refractivity (Wildman–Crippen MR) is 96.8 cm³/mol. The summed E-state index contributed by atoms with van der Waals surface area (Å²) in [6.07, 6.45) is 3.81. The normalized spacial score (nSPS) is 22.8. The van der Waals surface area contributed by atoms with Crippen molar-refractivity contribution < 1.29 is 0 Å². The van der Waals surface area contributed by atoms with Crippen LogP contribution in [0, 0.1) is 5.92 Å². The van der Waals surface area contributed by atoms with Crippen LogP contribution in [0.3, 0.4) is 0 Å². The maximum atomic E-state index is 4.48. The van der Waals surface area contributed by atoms with E-state index in [0.29, 0.717) is 0 Å². The fraction of sp³-hybridized carbons (Fsp3) is 0.632. The summed E-state index contributed by atoms with van der Waals surface area (Å²) in [6.45, 7) is 8.91. The first-order chi connectivity index (χ1) is 11.3. The number of aliphatic imine (C=N–C) groups is 1. The van der Waals surface area contributed by atoms with Gasteiger partial charge < -0.3 is 10.2 Å². The Kier molecular flexibility index (Phi) is 5.55. The van der Waals surface area contributed by atoms with Crippen LogP contribution in [0.5, 0.6) is 0 Å². The van der Waals surface area contributed by atoms with Gasteiger partial charge in [-0.2, -0.15) is 0 Å². The van der Waals surface area contributed by atoms with E-state index in [9.17, 15) is 0 Å². The Morgan fingerprint density at radius 2 is 2.09 bits per heavy atom. The number of rotatable bonds is 3. The monoisotopic (exact) mass is 314 g/mol. The molecule has 0 aromatic heterocycles. The van der Waals surface area contributed by atoms with Gasteiger partial charge in [0.15, 0.2) is 5.96 Å². The van der Waals surface area contributed by atoms with Crippen LogP contribution in [0.15, 0.2) is 29.3 Å². The molecule has 2 aliphatic heterocycles. The van der Waals surface area contributed by atoms with E-state index in [1.807, 2.05) is 7.05 Å². The van der Waals surface area contributed by atoms with Crippen molar-refractivity contribution in [3.63, 3.8) is 0 Å². The Hall–Kier alpha value is -1.55. The molecule has 1 fully saturated rings. The minimum Gasteiger partial charge on any atom is -0.355 e. The maximum absolute atomic E-state index is 4.48. The van der Waals surface area contributed by atoms with Crippen molar-refractivity contribution >= 4 is 5.96 Å². The highest BCUT2D eigenvalue weighted by Gasteiger charge is 2.19. The Bertz CT molecular complexity index is 540. The van der Waals surface area contributed by atoms with Crippen molar-refractivity contribution in [2.75, 3.05) is 39.8 Å². The van der Waals surface area contributed by atoms with E-state index in [1.54, 1.807) is 0 Å². The zero-order valence-electron chi connectivity index (χ0n) is 14.6. The fourth-order valence-corrected chi connectivity index (χ4v) is 3.78. The van der Waals surface area contributed by atoms with Crippen LogP contribution in [0.1, 0.15) is 30.9 Å². The predicted octanol–water partition coefficient (Wildman–Crippen LogP) is 2.35. The number of piperidine rings is 1. The lowest BCUT2D eigenvalue weighted by Gasteiger charge is -2.34. The zero-order valence-corrected chi connectivity index (χ0v) is 14.6. The van der Waals surface area contributed by atoms with Crippen LogP contribution < -0.4 is 5.32 Å². The summed E-state index contributed by atoms with van der Waals surface area (Å²) >= 11 is 0. The number of nitrogens with one attached hydrogen (secondary N) is 1. The molecule has 2 aliphatic rings. The third-order valence-corrected chi connectivity index (χ3v) is 5.09. The number of likely N-dealkylation sites (tertiary alicyclic amines) is 1. The van der Waals surface area contributed by atoms with Crippen LogP contribution in [-0.4, -0.2) is 55.5 Å². The van der Waals surface area contributed by atoms with Gasteiger partial charge in [0.25, 0.3) is 0 Å². The first kappa shape index (κ1) is 16.3. The molecule has 0 saturated carbocycles. The highest BCUT2D eigenvalue weighted by molar-refractivity contribution is 5.79. The molecule has 1 atom stereocenters. The lowest BCUT2D eigenvalue weighted by atomic mass is 10.00. The molecule has 0 amide bonds. The summed E-state index contributed by atoms with van der Waals surface area (Å²) in [7, 11) is 1.90. The van der Waals surface area contributed by atoms with Gasteiger partial charge in [-0.25, -0.2) is 0 Å². The minimum atomic E-state index is 0.779. The van der Waals surface area contributed by atoms with Gasteiger partial charge >= 0.3 is 0 Å². The standard InChI is InChI=1S/C19H30N4/c1-16-6-5-11-23(14-16)19(20-2)21-10-13-22-12-9-17-7-3-4-8-18(17)15-22/h3-4,7-8,16H,5-6,9-15H2,1-2H3,(H,20,21). The highest BCUT2D eigenvalue weighted by atomic mass is 15.3. The van der Waals surface area contributed by atoms with E-state index in [4.69, 9.17) is 0 Å². The third-order valence-electron chi connectivity index (χ3n) is 5.09. The van der Waals surface area contributed by atoms with Crippen molar-refractivity contribution in [2.24, 2.45) is 10.9 Å². The number of fused-ring (bicyclic) bond motifs is 1. The maximum Gasteiger partial charge on any atom is 0.193 e. The smallest absolute Gasteiger partial charge is 0.193 e. The van der Waals surface area contributed by atoms with E-state index in [2.05, 4.69) is 51.3 Å². The molecule has 126 valence electrons. The Morgan fingerprint density at radius 3 is 2.87 bits per heavy atom. The first-order valence-electron chi connectivity index (χ1n) is 9.01. The molecule has 1 N–H and O–H groups in total. The van der Waals surface area contributed by atoms with E-state index in [1.165, 1.54) is 30.4 Å². The second kappa shape index (κ2) is 7.82. The molecule has 1 saturated heterocycles. The number of benzene rings is 1. The van der Waals surface area contributed by atoms with Crippen molar-refractivity contribution in [1.29, 1.82) is 0 Å². The molecule has 23 heavy (non-hydrogen) atoms. The molecule has 2 heterocycles. The number of hydrogen-bond acceptors (Lipinski definition) is 2. The third kappa shape index (κ3) is 4.25. The van der Waals surface area contributed by atoms with Crippen molar-refractivity contribution in [3.8, 4) is 0 Å². The first-order valence-corrected chi connectivity index (χ1v) is 9.01. The summed E-state index contributed by atoms with van der Waals surface area (Å²) in [5, 5.41) is 3.57. The molecular weight excluding hydrogens is 284 g/mol. The summed E-state index contributed by atoms with van der Waals surface area (Å²) in [5.74, 6) is 1.86. The second-order valence-electron chi connectivity index (χ2n) is 6.96. The highest BCUT2D eigenvalue weighted by Crippen LogP contribution is 2.18. The van der Waals surface area contributed by atoms with Gasteiger partial charge in [0.1, 0.15) is 0 Å². The molecule has 0 radical (unpaired) electrons. The molecule has 4 nitrogen and oxygen atoms in total. The SMILES string of the molecule is CN=C(NCCN1CCc2ccccc2C1)N1CCCC(C)C1. The number of hydrogen-bond donors (Lipinski definition) is 1.